The molecular weight excluding hydrogens is 174 g/mol. The van der Waals surface area contributed by atoms with E-state index in [1.54, 1.807) is 6.92 Å². The SMILES string of the molecule is CC(=O)N[C@H]1CC(O)O[C@@H](C)[C@H]1O. The summed E-state index contributed by atoms with van der Waals surface area (Å²) in [5.41, 5.74) is 0. The highest BCUT2D eigenvalue weighted by Crippen LogP contribution is 2.18. The van der Waals surface area contributed by atoms with Gasteiger partial charge in [-0.15, -0.1) is 0 Å². The van der Waals surface area contributed by atoms with E-state index in [1.807, 2.05) is 0 Å². The highest BCUT2D eigenvalue weighted by Gasteiger charge is 2.34. The molecule has 1 unspecified atom stereocenters. The highest BCUT2D eigenvalue weighted by molar-refractivity contribution is 5.73. The van der Waals surface area contributed by atoms with Gasteiger partial charge in [-0.2, -0.15) is 0 Å². The molecule has 0 aromatic carbocycles. The summed E-state index contributed by atoms with van der Waals surface area (Å²) in [6, 6.07) is -0.420. The van der Waals surface area contributed by atoms with Gasteiger partial charge in [0.1, 0.15) is 6.10 Å². The van der Waals surface area contributed by atoms with Crippen molar-refractivity contribution in [3.63, 3.8) is 0 Å². The van der Waals surface area contributed by atoms with Crippen molar-refractivity contribution in [2.24, 2.45) is 0 Å². The lowest BCUT2D eigenvalue weighted by Gasteiger charge is -2.35. The molecule has 1 amide bonds. The zero-order valence-corrected chi connectivity index (χ0v) is 7.73. The maximum Gasteiger partial charge on any atom is 0.217 e. The average molecular weight is 189 g/mol. The van der Waals surface area contributed by atoms with Crippen LogP contribution in [0.5, 0.6) is 0 Å². The molecule has 4 atom stereocenters. The summed E-state index contributed by atoms with van der Waals surface area (Å²) in [5.74, 6) is -0.217. The number of aliphatic hydroxyl groups is 2. The lowest BCUT2D eigenvalue weighted by molar-refractivity contribution is -0.202. The Morgan fingerprint density at radius 1 is 1.54 bits per heavy atom. The summed E-state index contributed by atoms with van der Waals surface area (Å²) in [7, 11) is 0. The van der Waals surface area contributed by atoms with Crippen LogP contribution in [0, 0.1) is 0 Å². The predicted octanol–water partition coefficient (Wildman–Crippen LogP) is -1.02. The fourth-order valence-corrected chi connectivity index (χ4v) is 1.47. The molecule has 0 radical (unpaired) electrons. The van der Waals surface area contributed by atoms with Gasteiger partial charge in [-0.3, -0.25) is 4.79 Å². The second-order valence-electron chi connectivity index (χ2n) is 3.33. The van der Waals surface area contributed by atoms with Crippen molar-refractivity contribution in [1.29, 1.82) is 0 Å². The molecule has 5 nitrogen and oxygen atoms in total. The van der Waals surface area contributed by atoms with Crippen molar-refractivity contribution in [1.82, 2.24) is 5.32 Å². The third kappa shape index (κ3) is 2.65. The van der Waals surface area contributed by atoms with Gasteiger partial charge in [0, 0.05) is 13.3 Å². The second kappa shape index (κ2) is 4.04. The number of aliphatic hydroxyl groups excluding tert-OH is 2. The van der Waals surface area contributed by atoms with Crippen molar-refractivity contribution in [3.8, 4) is 0 Å². The van der Waals surface area contributed by atoms with Gasteiger partial charge in [0.25, 0.3) is 0 Å². The third-order valence-electron chi connectivity index (χ3n) is 2.11. The Hall–Kier alpha value is -0.650. The van der Waals surface area contributed by atoms with E-state index in [4.69, 9.17) is 4.74 Å². The van der Waals surface area contributed by atoms with Crippen molar-refractivity contribution in [2.45, 2.75) is 44.8 Å². The van der Waals surface area contributed by atoms with Crippen LogP contribution in [-0.2, 0) is 9.53 Å². The Morgan fingerprint density at radius 2 is 2.15 bits per heavy atom. The maximum atomic E-state index is 10.7. The van der Waals surface area contributed by atoms with Gasteiger partial charge in [-0.05, 0) is 6.92 Å². The molecule has 76 valence electrons. The van der Waals surface area contributed by atoms with Crippen molar-refractivity contribution >= 4 is 5.91 Å². The van der Waals surface area contributed by atoms with Crippen LogP contribution in [0.25, 0.3) is 0 Å². The van der Waals surface area contributed by atoms with Crippen LogP contribution < -0.4 is 5.32 Å². The van der Waals surface area contributed by atoms with Gasteiger partial charge < -0.3 is 20.3 Å². The van der Waals surface area contributed by atoms with Gasteiger partial charge >= 0.3 is 0 Å². The standard InChI is InChI=1S/C8H15NO4/c1-4-8(12)6(9-5(2)10)3-7(11)13-4/h4,6-8,11-12H,3H2,1-2H3,(H,9,10)/t4-,6-,7?,8+/m0/s1. The zero-order valence-electron chi connectivity index (χ0n) is 7.73. The lowest BCUT2D eigenvalue weighted by atomic mass is 10.00. The van der Waals surface area contributed by atoms with Gasteiger partial charge in [0.15, 0.2) is 6.29 Å². The average Bonchev–Trinajstić information content (AvgIpc) is 1.98. The van der Waals surface area contributed by atoms with Gasteiger partial charge in [0.05, 0.1) is 12.1 Å². The minimum atomic E-state index is -0.907. The number of nitrogens with one attached hydrogen (secondary N) is 1. The molecule has 0 aliphatic carbocycles. The topological polar surface area (TPSA) is 78.8 Å². The number of hydrogen-bond donors (Lipinski definition) is 3. The summed E-state index contributed by atoms with van der Waals surface area (Å²) in [5, 5.41) is 21.3. The first-order valence-electron chi connectivity index (χ1n) is 4.29. The Balaban J connectivity index is 2.55. The molecule has 1 fully saturated rings. The monoisotopic (exact) mass is 189 g/mol. The van der Waals surface area contributed by atoms with Crippen molar-refractivity contribution < 1.29 is 19.7 Å². The van der Waals surface area contributed by atoms with Crippen LogP contribution in [-0.4, -0.2) is 40.7 Å². The molecule has 0 aromatic heterocycles. The number of rotatable bonds is 1. The van der Waals surface area contributed by atoms with E-state index in [1.165, 1.54) is 6.92 Å². The maximum absolute atomic E-state index is 10.7. The van der Waals surface area contributed by atoms with E-state index in [0.29, 0.717) is 0 Å². The number of carbonyl (C=O) groups excluding carboxylic acids is 1. The van der Waals surface area contributed by atoms with Crippen molar-refractivity contribution in [2.75, 3.05) is 0 Å². The Morgan fingerprint density at radius 3 is 2.69 bits per heavy atom. The summed E-state index contributed by atoms with van der Waals surface area (Å²) >= 11 is 0. The first kappa shape index (κ1) is 10.4. The number of carbonyl (C=O) groups is 1. The molecule has 1 aliphatic heterocycles. The van der Waals surface area contributed by atoms with Gasteiger partial charge in [-0.25, -0.2) is 0 Å². The molecule has 0 aromatic rings. The molecular formula is C8H15NO4. The van der Waals surface area contributed by atoms with Crippen LogP contribution in [0.4, 0.5) is 0 Å². The summed E-state index contributed by atoms with van der Waals surface area (Å²) in [6.45, 7) is 3.03. The minimum absolute atomic E-state index is 0.217. The number of hydrogen-bond acceptors (Lipinski definition) is 4. The number of ether oxygens (including phenoxy) is 1. The first-order chi connectivity index (χ1) is 6.00. The molecule has 1 heterocycles. The van der Waals surface area contributed by atoms with Crippen LogP contribution in [0.1, 0.15) is 20.3 Å². The fraction of sp³-hybridized carbons (Fsp3) is 0.875. The van der Waals surface area contributed by atoms with E-state index >= 15 is 0 Å². The normalized spacial score (nSPS) is 40.0. The molecule has 3 N–H and O–H groups in total. The van der Waals surface area contributed by atoms with Crippen LogP contribution in [0.2, 0.25) is 0 Å². The second-order valence-corrected chi connectivity index (χ2v) is 3.33. The van der Waals surface area contributed by atoms with E-state index in [9.17, 15) is 15.0 Å². The van der Waals surface area contributed by atoms with Crippen molar-refractivity contribution in [3.05, 3.63) is 0 Å². The molecule has 1 saturated heterocycles. The third-order valence-corrected chi connectivity index (χ3v) is 2.11. The molecule has 0 saturated carbocycles. The summed E-state index contributed by atoms with van der Waals surface area (Å²) in [4.78, 5) is 10.7. The van der Waals surface area contributed by atoms with E-state index in [0.717, 1.165) is 0 Å². The highest BCUT2D eigenvalue weighted by atomic mass is 16.6. The molecule has 5 heteroatoms. The quantitative estimate of drug-likeness (QED) is 0.493. The predicted molar refractivity (Wildman–Crippen MR) is 44.8 cm³/mol. The van der Waals surface area contributed by atoms with E-state index in [-0.39, 0.29) is 12.3 Å². The molecule has 1 aliphatic rings. The Labute approximate surface area is 76.7 Å². The fourth-order valence-electron chi connectivity index (χ4n) is 1.47. The minimum Gasteiger partial charge on any atom is -0.388 e. The van der Waals surface area contributed by atoms with Crippen LogP contribution in [0.15, 0.2) is 0 Å². The van der Waals surface area contributed by atoms with Gasteiger partial charge in [-0.1, -0.05) is 0 Å². The number of amides is 1. The van der Waals surface area contributed by atoms with E-state index < -0.39 is 24.5 Å². The zero-order chi connectivity index (χ0) is 10.0. The van der Waals surface area contributed by atoms with Crippen LogP contribution >= 0.6 is 0 Å². The first-order valence-corrected chi connectivity index (χ1v) is 4.29. The van der Waals surface area contributed by atoms with Gasteiger partial charge in [0.2, 0.25) is 5.91 Å². The van der Waals surface area contributed by atoms with E-state index in [2.05, 4.69) is 5.32 Å². The Kier molecular flexibility index (Phi) is 3.24. The molecule has 1 rings (SSSR count). The smallest absolute Gasteiger partial charge is 0.217 e. The summed E-state index contributed by atoms with van der Waals surface area (Å²) in [6.07, 6.45) is -1.89. The largest absolute Gasteiger partial charge is 0.388 e. The lowest BCUT2D eigenvalue weighted by Crippen LogP contribution is -2.54. The molecule has 0 bridgehead atoms. The summed E-state index contributed by atoms with van der Waals surface area (Å²) < 4.78 is 4.96. The van der Waals surface area contributed by atoms with Crippen LogP contribution in [0.3, 0.4) is 0 Å². The Bertz CT molecular complexity index is 197. The molecule has 0 spiro atoms. The molecule has 13 heavy (non-hydrogen) atoms.